The zero-order valence-corrected chi connectivity index (χ0v) is 9.93. The summed E-state index contributed by atoms with van der Waals surface area (Å²) in [5, 5.41) is 8.74. The topological polar surface area (TPSA) is 23.8 Å². The summed E-state index contributed by atoms with van der Waals surface area (Å²) in [6, 6.07) is 12.1. The first-order chi connectivity index (χ1) is 8.27. The number of benzene rings is 1. The second-order valence-corrected chi connectivity index (χ2v) is 3.56. The minimum Gasteiger partial charge on any atom is -0.193 e. The molecule has 1 heteroatoms. The van der Waals surface area contributed by atoms with E-state index >= 15 is 0 Å². The molecule has 1 rings (SSSR count). The highest BCUT2D eigenvalue weighted by Gasteiger charge is 1.95. The normalized spacial score (nSPS) is 12.5. The van der Waals surface area contributed by atoms with Crippen molar-refractivity contribution in [2.24, 2.45) is 0 Å². The summed E-state index contributed by atoms with van der Waals surface area (Å²) in [6.07, 6.45) is 8.99. The summed E-state index contributed by atoms with van der Waals surface area (Å²) in [7, 11) is 0. The average Bonchev–Trinajstić information content (AvgIpc) is 2.35. The predicted octanol–water partition coefficient (Wildman–Crippen LogP) is 4.28. The zero-order chi connectivity index (χ0) is 12.5. The van der Waals surface area contributed by atoms with Gasteiger partial charge in [-0.25, -0.2) is 0 Å². The molecule has 0 aliphatic rings. The standard InChI is InChI=1S/C16H15N/c1-3-4-10-16(11-12-17)14(2)13-15-8-6-5-7-9-15/h3-11,13H,1H2,2H3. The van der Waals surface area contributed by atoms with Gasteiger partial charge in [0.25, 0.3) is 0 Å². The van der Waals surface area contributed by atoms with E-state index in [1.807, 2.05) is 49.4 Å². The third-order valence-electron chi connectivity index (χ3n) is 2.27. The van der Waals surface area contributed by atoms with Gasteiger partial charge in [0.1, 0.15) is 0 Å². The molecule has 1 nitrogen and oxygen atoms in total. The van der Waals surface area contributed by atoms with E-state index in [0.29, 0.717) is 0 Å². The Labute approximate surface area is 103 Å². The van der Waals surface area contributed by atoms with Crippen LogP contribution in [0.4, 0.5) is 0 Å². The van der Waals surface area contributed by atoms with E-state index in [4.69, 9.17) is 5.26 Å². The van der Waals surface area contributed by atoms with E-state index in [-0.39, 0.29) is 0 Å². The van der Waals surface area contributed by atoms with Crippen molar-refractivity contribution in [1.82, 2.24) is 0 Å². The van der Waals surface area contributed by atoms with Gasteiger partial charge in [-0.05, 0) is 23.6 Å². The van der Waals surface area contributed by atoms with E-state index in [9.17, 15) is 0 Å². The molecule has 1 aromatic rings. The molecule has 0 radical (unpaired) electrons. The van der Waals surface area contributed by atoms with Crippen LogP contribution in [-0.4, -0.2) is 0 Å². The first-order valence-corrected chi connectivity index (χ1v) is 5.40. The molecule has 0 aliphatic carbocycles. The fourth-order valence-corrected chi connectivity index (χ4v) is 1.42. The van der Waals surface area contributed by atoms with Crippen LogP contribution in [0.25, 0.3) is 6.08 Å². The minimum absolute atomic E-state index is 0.899. The minimum atomic E-state index is 0.899. The van der Waals surface area contributed by atoms with Crippen molar-refractivity contribution in [3.05, 3.63) is 77.9 Å². The van der Waals surface area contributed by atoms with Crippen molar-refractivity contribution in [2.75, 3.05) is 0 Å². The highest BCUT2D eigenvalue weighted by molar-refractivity contribution is 5.60. The lowest BCUT2D eigenvalue weighted by Gasteiger charge is -2.01. The van der Waals surface area contributed by atoms with Crippen molar-refractivity contribution < 1.29 is 0 Å². The average molecular weight is 221 g/mol. The quantitative estimate of drug-likeness (QED) is 0.550. The van der Waals surface area contributed by atoms with Gasteiger partial charge in [-0.2, -0.15) is 5.26 Å². The van der Waals surface area contributed by atoms with Crippen LogP contribution < -0.4 is 0 Å². The van der Waals surface area contributed by atoms with Crippen LogP contribution in [0.15, 0.2) is 72.4 Å². The Bertz CT molecular complexity index is 496. The number of nitriles is 1. The largest absolute Gasteiger partial charge is 0.193 e. The maximum absolute atomic E-state index is 8.74. The summed E-state index contributed by atoms with van der Waals surface area (Å²) in [4.78, 5) is 0. The lowest BCUT2D eigenvalue weighted by molar-refractivity contribution is 1.44. The number of hydrogen-bond acceptors (Lipinski definition) is 1. The number of nitrogens with zero attached hydrogens (tertiary/aromatic N) is 1. The van der Waals surface area contributed by atoms with Gasteiger partial charge < -0.3 is 0 Å². The molecular formula is C16H15N. The van der Waals surface area contributed by atoms with Gasteiger partial charge in [-0.1, -0.05) is 61.2 Å². The van der Waals surface area contributed by atoms with Crippen molar-refractivity contribution in [2.45, 2.75) is 6.92 Å². The predicted molar refractivity (Wildman–Crippen MR) is 73.1 cm³/mol. The lowest BCUT2D eigenvalue weighted by atomic mass is 10.0. The van der Waals surface area contributed by atoms with Crippen LogP contribution in [0.5, 0.6) is 0 Å². The Kier molecular flexibility index (Phi) is 5.27. The molecular weight excluding hydrogens is 206 g/mol. The summed E-state index contributed by atoms with van der Waals surface area (Å²) in [5.41, 5.74) is 3.08. The maximum Gasteiger partial charge on any atom is 0.0918 e. The molecule has 84 valence electrons. The maximum atomic E-state index is 8.74. The van der Waals surface area contributed by atoms with E-state index < -0.39 is 0 Å². The highest BCUT2D eigenvalue weighted by atomic mass is 14.2. The molecule has 0 aromatic heterocycles. The summed E-state index contributed by atoms with van der Waals surface area (Å²) < 4.78 is 0. The van der Waals surface area contributed by atoms with Crippen molar-refractivity contribution >= 4 is 6.08 Å². The Morgan fingerprint density at radius 2 is 2.00 bits per heavy atom. The Balaban J connectivity index is 3.01. The molecule has 1 aromatic carbocycles. The van der Waals surface area contributed by atoms with Gasteiger partial charge in [0.05, 0.1) is 6.07 Å². The zero-order valence-electron chi connectivity index (χ0n) is 9.93. The molecule has 17 heavy (non-hydrogen) atoms. The number of allylic oxidation sites excluding steroid dienone is 6. The molecule has 0 amide bonds. The SMILES string of the molecule is C=CC=CC(=CC#N)C(C)=Cc1ccccc1. The highest BCUT2D eigenvalue weighted by Crippen LogP contribution is 2.15. The molecule has 0 spiro atoms. The molecule has 0 heterocycles. The Hall–Kier alpha value is -2.33. The van der Waals surface area contributed by atoms with Crippen LogP contribution in [-0.2, 0) is 0 Å². The van der Waals surface area contributed by atoms with Crippen LogP contribution in [0, 0.1) is 11.3 Å². The van der Waals surface area contributed by atoms with Gasteiger partial charge in [-0.3, -0.25) is 0 Å². The third kappa shape index (κ3) is 4.36. The summed E-state index contributed by atoms with van der Waals surface area (Å²) in [6.45, 7) is 5.61. The smallest absolute Gasteiger partial charge is 0.0918 e. The fraction of sp³-hybridized carbons (Fsp3) is 0.0625. The monoisotopic (exact) mass is 221 g/mol. The van der Waals surface area contributed by atoms with Gasteiger partial charge in [0.2, 0.25) is 0 Å². The van der Waals surface area contributed by atoms with Crippen LogP contribution in [0.2, 0.25) is 0 Å². The lowest BCUT2D eigenvalue weighted by Crippen LogP contribution is -1.82. The van der Waals surface area contributed by atoms with Gasteiger partial charge >= 0.3 is 0 Å². The first-order valence-electron chi connectivity index (χ1n) is 5.40. The van der Waals surface area contributed by atoms with Crippen molar-refractivity contribution in [1.29, 1.82) is 5.26 Å². The molecule has 0 bridgehead atoms. The molecule has 0 fully saturated rings. The molecule has 0 atom stereocenters. The van der Waals surface area contributed by atoms with Gasteiger partial charge in [0.15, 0.2) is 0 Å². The first kappa shape index (κ1) is 12.7. The van der Waals surface area contributed by atoms with Crippen LogP contribution >= 0.6 is 0 Å². The van der Waals surface area contributed by atoms with E-state index in [1.54, 1.807) is 6.08 Å². The Morgan fingerprint density at radius 1 is 1.29 bits per heavy atom. The van der Waals surface area contributed by atoms with Crippen molar-refractivity contribution in [3.63, 3.8) is 0 Å². The summed E-state index contributed by atoms with van der Waals surface area (Å²) in [5.74, 6) is 0. The molecule has 0 aliphatic heterocycles. The number of rotatable bonds is 4. The van der Waals surface area contributed by atoms with Gasteiger partial charge in [-0.15, -0.1) is 0 Å². The molecule has 0 unspecified atom stereocenters. The summed E-state index contributed by atoms with van der Waals surface area (Å²) >= 11 is 0. The fourth-order valence-electron chi connectivity index (χ4n) is 1.42. The molecule has 0 saturated heterocycles. The second kappa shape index (κ2) is 7.03. The van der Waals surface area contributed by atoms with Crippen molar-refractivity contribution in [3.8, 4) is 6.07 Å². The number of hydrogen-bond donors (Lipinski definition) is 0. The van der Waals surface area contributed by atoms with Crippen LogP contribution in [0.1, 0.15) is 12.5 Å². The molecule has 0 saturated carbocycles. The van der Waals surface area contributed by atoms with Crippen LogP contribution in [0.3, 0.4) is 0 Å². The second-order valence-electron chi connectivity index (χ2n) is 3.56. The molecule has 0 N–H and O–H groups in total. The Morgan fingerprint density at radius 3 is 2.59 bits per heavy atom. The van der Waals surface area contributed by atoms with E-state index in [2.05, 4.69) is 18.7 Å². The third-order valence-corrected chi connectivity index (χ3v) is 2.27. The van der Waals surface area contributed by atoms with E-state index in [1.165, 1.54) is 6.08 Å². The van der Waals surface area contributed by atoms with Gasteiger partial charge in [0, 0.05) is 6.08 Å². The van der Waals surface area contributed by atoms with E-state index in [0.717, 1.165) is 16.7 Å².